The molecule has 0 unspecified atom stereocenters. The molecule has 3 rings (SSSR count). The Bertz CT molecular complexity index is 674. The summed E-state index contributed by atoms with van der Waals surface area (Å²) >= 11 is 0. The molecule has 5 nitrogen and oxygen atoms in total. The highest BCUT2D eigenvalue weighted by Gasteiger charge is 2.63. The number of rotatable bonds is 2. The molecule has 0 saturated carbocycles. The molecule has 0 spiro atoms. The predicted molar refractivity (Wildman–Crippen MR) is 92.7 cm³/mol. The number of carbonyl (C=O) groups excluding carboxylic acids is 2. The third-order valence-corrected chi connectivity index (χ3v) is 5.57. The lowest BCUT2D eigenvalue weighted by Gasteiger charge is -2.28. The van der Waals surface area contributed by atoms with Crippen LogP contribution in [0.4, 0.5) is 0 Å². The van der Waals surface area contributed by atoms with Crippen molar-refractivity contribution in [3.63, 3.8) is 0 Å². The number of carbonyl (C=O) groups is 2. The lowest BCUT2D eigenvalue weighted by Crippen LogP contribution is -2.38. The summed E-state index contributed by atoms with van der Waals surface area (Å²) in [7, 11) is 0. The summed E-state index contributed by atoms with van der Waals surface area (Å²) in [5, 5.41) is 0. The highest BCUT2D eigenvalue weighted by atomic mass is 16.6. The number of fused-ring (bicyclic) bond motifs is 3. The molecule has 25 heavy (non-hydrogen) atoms. The Kier molecular flexibility index (Phi) is 4.62. The van der Waals surface area contributed by atoms with Crippen LogP contribution in [-0.4, -0.2) is 35.9 Å². The first-order valence-corrected chi connectivity index (χ1v) is 8.84. The minimum absolute atomic E-state index is 0.170. The van der Waals surface area contributed by atoms with Crippen molar-refractivity contribution in [3.8, 4) is 0 Å². The Morgan fingerprint density at radius 1 is 1.48 bits per heavy atom. The van der Waals surface area contributed by atoms with Crippen LogP contribution in [0.15, 0.2) is 35.5 Å². The third-order valence-electron chi connectivity index (χ3n) is 5.57. The molecule has 0 bridgehead atoms. The van der Waals surface area contributed by atoms with E-state index in [1.54, 1.807) is 19.9 Å². The Morgan fingerprint density at radius 3 is 2.88 bits per heavy atom. The van der Waals surface area contributed by atoms with Crippen molar-refractivity contribution >= 4 is 11.9 Å². The van der Waals surface area contributed by atoms with Gasteiger partial charge in [0.25, 0.3) is 0 Å². The Hall–Kier alpha value is -1.88. The molecule has 2 saturated heterocycles. The van der Waals surface area contributed by atoms with Gasteiger partial charge in [-0.05, 0) is 40.5 Å². The van der Waals surface area contributed by atoms with Crippen LogP contribution in [0.5, 0.6) is 0 Å². The van der Waals surface area contributed by atoms with Crippen LogP contribution in [0.25, 0.3) is 0 Å². The second kappa shape index (κ2) is 6.45. The van der Waals surface area contributed by atoms with Crippen molar-refractivity contribution in [1.82, 2.24) is 0 Å². The fraction of sp³-hybridized carbons (Fsp3) is 0.600. The maximum absolute atomic E-state index is 12.3. The van der Waals surface area contributed by atoms with Gasteiger partial charge >= 0.3 is 11.9 Å². The molecule has 2 heterocycles. The van der Waals surface area contributed by atoms with Crippen molar-refractivity contribution in [2.24, 2.45) is 5.92 Å². The van der Waals surface area contributed by atoms with E-state index in [1.807, 2.05) is 13.8 Å². The van der Waals surface area contributed by atoms with Crippen LogP contribution in [0.2, 0.25) is 0 Å². The van der Waals surface area contributed by atoms with Gasteiger partial charge in [-0.3, -0.25) is 0 Å². The van der Waals surface area contributed by atoms with Crippen LogP contribution in [0.1, 0.15) is 47.0 Å². The standard InChI is InChI=1S/C20H26O5/c1-6-12(3)18(21)23-14-10-11(2)8-7-9-20(5)17(25-20)16-15(14)13(4)19(22)24-16/h6,8,14-17H,4,7,9-10H2,1-3,5H3/b11-8+,12-6-/t14-,15-,16+,17-,20-/m1/s1. The summed E-state index contributed by atoms with van der Waals surface area (Å²) in [5.41, 5.74) is 1.74. The zero-order chi connectivity index (χ0) is 18.4. The number of hydrogen-bond acceptors (Lipinski definition) is 5. The van der Waals surface area contributed by atoms with Gasteiger partial charge in [0.2, 0.25) is 0 Å². The van der Waals surface area contributed by atoms with Crippen molar-refractivity contribution in [2.45, 2.75) is 70.9 Å². The Labute approximate surface area is 148 Å². The summed E-state index contributed by atoms with van der Waals surface area (Å²) in [6.07, 6.45) is 5.10. The smallest absolute Gasteiger partial charge is 0.334 e. The fourth-order valence-electron chi connectivity index (χ4n) is 3.76. The monoisotopic (exact) mass is 346 g/mol. The normalized spacial score (nSPS) is 40.3. The molecule has 5 atom stereocenters. The predicted octanol–water partition coefficient (Wildman–Crippen LogP) is 3.25. The third kappa shape index (κ3) is 3.30. The fourth-order valence-corrected chi connectivity index (χ4v) is 3.76. The van der Waals surface area contributed by atoms with Crippen molar-refractivity contribution in [1.29, 1.82) is 0 Å². The van der Waals surface area contributed by atoms with Crippen LogP contribution in [0.3, 0.4) is 0 Å². The first kappa shape index (κ1) is 17.9. The van der Waals surface area contributed by atoms with Crippen molar-refractivity contribution in [2.75, 3.05) is 0 Å². The van der Waals surface area contributed by atoms with E-state index in [2.05, 4.69) is 12.7 Å². The first-order valence-electron chi connectivity index (χ1n) is 8.84. The minimum atomic E-state index is -0.492. The van der Waals surface area contributed by atoms with Crippen LogP contribution in [0, 0.1) is 5.92 Å². The quantitative estimate of drug-likeness (QED) is 0.332. The molecular weight excluding hydrogens is 320 g/mol. The second-order valence-corrected chi connectivity index (χ2v) is 7.48. The maximum atomic E-state index is 12.3. The van der Waals surface area contributed by atoms with Gasteiger partial charge in [0.05, 0.1) is 11.5 Å². The SMILES string of the molecule is C=C1C(=O)O[C@H]2[C@H]1[C@H](OC(=O)/C(C)=C\C)C/C(C)=C/CC[C@@]1(C)O[C@H]21. The molecule has 0 aromatic rings. The van der Waals surface area contributed by atoms with Crippen molar-refractivity contribution < 1.29 is 23.8 Å². The molecule has 0 amide bonds. The molecule has 5 heteroatoms. The molecule has 136 valence electrons. The zero-order valence-electron chi connectivity index (χ0n) is 15.3. The van der Waals surface area contributed by atoms with E-state index >= 15 is 0 Å². The van der Waals surface area contributed by atoms with Gasteiger partial charge in [-0.1, -0.05) is 24.3 Å². The van der Waals surface area contributed by atoms with Gasteiger partial charge in [-0.15, -0.1) is 0 Å². The lowest BCUT2D eigenvalue weighted by atomic mass is 9.82. The average molecular weight is 346 g/mol. The molecule has 2 fully saturated rings. The van der Waals surface area contributed by atoms with Gasteiger partial charge in [-0.25, -0.2) is 9.59 Å². The molecule has 1 aliphatic carbocycles. The highest BCUT2D eigenvalue weighted by molar-refractivity contribution is 5.91. The number of ether oxygens (including phenoxy) is 3. The van der Waals surface area contributed by atoms with Crippen LogP contribution in [-0.2, 0) is 23.8 Å². The maximum Gasteiger partial charge on any atom is 0.334 e. The molecule has 3 aliphatic rings. The van der Waals surface area contributed by atoms with E-state index in [4.69, 9.17) is 14.2 Å². The largest absolute Gasteiger partial charge is 0.458 e. The van der Waals surface area contributed by atoms with Crippen molar-refractivity contribution in [3.05, 3.63) is 35.5 Å². The first-order chi connectivity index (χ1) is 11.8. The van der Waals surface area contributed by atoms with Gasteiger partial charge < -0.3 is 14.2 Å². The van der Waals surface area contributed by atoms with E-state index in [0.717, 1.165) is 18.4 Å². The Morgan fingerprint density at radius 2 is 2.20 bits per heavy atom. The lowest BCUT2D eigenvalue weighted by molar-refractivity contribution is -0.148. The van der Waals surface area contributed by atoms with E-state index in [0.29, 0.717) is 17.6 Å². The number of hydrogen-bond donors (Lipinski definition) is 0. The summed E-state index contributed by atoms with van der Waals surface area (Å²) in [6, 6.07) is 0. The molecule has 2 aliphatic heterocycles. The van der Waals surface area contributed by atoms with Gasteiger partial charge in [0, 0.05) is 17.6 Å². The summed E-state index contributed by atoms with van der Waals surface area (Å²) in [6.45, 7) is 11.5. The zero-order valence-corrected chi connectivity index (χ0v) is 15.3. The molecular formula is C20H26O5. The number of allylic oxidation sites excluding steroid dienone is 2. The molecule has 0 aromatic heterocycles. The summed E-state index contributed by atoms with van der Waals surface area (Å²) in [4.78, 5) is 24.5. The second-order valence-electron chi connectivity index (χ2n) is 7.48. The summed E-state index contributed by atoms with van der Waals surface area (Å²) in [5.74, 6) is -1.17. The highest BCUT2D eigenvalue weighted by Crippen LogP contribution is 2.50. The average Bonchev–Trinajstić information content (AvgIpc) is 3.13. The van der Waals surface area contributed by atoms with Gasteiger partial charge in [0.15, 0.2) is 0 Å². The van der Waals surface area contributed by atoms with Gasteiger partial charge in [0.1, 0.15) is 18.3 Å². The van der Waals surface area contributed by atoms with E-state index < -0.39 is 18.2 Å². The molecule has 0 radical (unpaired) electrons. The van der Waals surface area contributed by atoms with Crippen LogP contribution >= 0.6 is 0 Å². The summed E-state index contributed by atoms with van der Waals surface area (Å²) < 4.78 is 17.3. The minimum Gasteiger partial charge on any atom is -0.458 e. The molecule has 0 N–H and O–H groups in total. The van der Waals surface area contributed by atoms with E-state index in [-0.39, 0.29) is 23.6 Å². The van der Waals surface area contributed by atoms with Crippen LogP contribution < -0.4 is 0 Å². The number of epoxide rings is 1. The molecule has 0 aromatic carbocycles. The topological polar surface area (TPSA) is 65.1 Å². The van der Waals surface area contributed by atoms with Gasteiger partial charge in [-0.2, -0.15) is 0 Å². The Balaban J connectivity index is 1.94. The van der Waals surface area contributed by atoms with E-state index in [9.17, 15) is 9.59 Å². The number of esters is 2. The van der Waals surface area contributed by atoms with E-state index in [1.165, 1.54) is 0 Å².